The molecule has 0 spiro atoms. The van der Waals surface area contributed by atoms with Crippen molar-refractivity contribution in [3.63, 3.8) is 0 Å². The van der Waals surface area contributed by atoms with E-state index in [4.69, 9.17) is 32.7 Å². The van der Waals surface area contributed by atoms with Crippen molar-refractivity contribution >= 4 is 52.2 Å². The molecule has 0 N–H and O–H groups in total. The molecule has 3 aromatic carbocycles. The first-order valence-electron chi connectivity index (χ1n) is 9.99. The molecule has 1 aliphatic heterocycles. The Bertz CT molecular complexity index is 1230. The Kier molecular flexibility index (Phi) is 7.28. The van der Waals surface area contributed by atoms with Gasteiger partial charge >= 0.3 is 0 Å². The predicted molar refractivity (Wildman–Crippen MR) is 132 cm³/mol. The van der Waals surface area contributed by atoms with Crippen LogP contribution in [-0.4, -0.2) is 23.2 Å². The van der Waals surface area contributed by atoms with Crippen LogP contribution in [-0.2, 0) is 17.9 Å². The summed E-state index contributed by atoms with van der Waals surface area (Å²) in [5, 5.41) is 0.799. The second-order valence-electron chi connectivity index (χ2n) is 7.15. The molecule has 2 amide bonds. The highest BCUT2D eigenvalue weighted by atomic mass is 35.5. The van der Waals surface area contributed by atoms with Crippen LogP contribution in [0.5, 0.6) is 11.5 Å². The minimum Gasteiger partial charge on any atom is -0.493 e. The summed E-state index contributed by atoms with van der Waals surface area (Å²) in [6, 6.07) is 19.8. The van der Waals surface area contributed by atoms with Crippen LogP contribution >= 0.6 is 35.0 Å². The number of carbonyl (C=O) groups is 2. The lowest BCUT2D eigenvalue weighted by Crippen LogP contribution is -2.27. The van der Waals surface area contributed by atoms with Gasteiger partial charge in [-0.05, 0) is 53.2 Å². The zero-order valence-electron chi connectivity index (χ0n) is 17.6. The number of halogens is 2. The highest BCUT2D eigenvalue weighted by molar-refractivity contribution is 8.18. The molecular weight excluding hydrogens is 481 g/mol. The second-order valence-corrected chi connectivity index (χ2v) is 8.99. The first-order valence-corrected chi connectivity index (χ1v) is 11.6. The van der Waals surface area contributed by atoms with Gasteiger partial charge in [-0.3, -0.25) is 14.5 Å². The number of benzene rings is 3. The monoisotopic (exact) mass is 499 g/mol. The summed E-state index contributed by atoms with van der Waals surface area (Å²) < 4.78 is 11.5. The Balaban J connectivity index is 1.59. The number of thioether (sulfide) groups is 1. The zero-order chi connectivity index (χ0) is 23.4. The fourth-order valence-electron chi connectivity index (χ4n) is 3.27. The summed E-state index contributed by atoms with van der Waals surface area (Å²) in [4.78, 5) is 27.1. The average molecular weight is 500 g/mol. The number of hydrogen-bond donors (Lipinski definition) is 0. The molecule has 8 heteroatoms. The quantitative estimate of drug-likeness (QED) is 0.334. The molecule has 5 nitrogen and oxygen atoms in total. The van der Waals surface area contributed by atoms with Crippen molar-refractivity contribution in [3.8, 4) is 11.5 Å². The molecule has 1 fully saturated rings. The maximum absolute atomic E-state index is 13.0. The fraction of sp³-hybridized carbons (Fsp3) is 0.120. The molecule has 0 unspecified atom stereocenters. The summed E-state index contributed by atoms with van der Waals surface area (Å²) in [7, 11) is 1.55. The summed E-state index contributed by atoms with van der Waals surface area (Å²) in [5.41, 5.74) is 2.26. The lowest BCUT2D eigenvalue weighted by Gasteiger charge is -2.14. The van der Waals surface area contributed by atoms with Gasteiger partial charge in [0.15, 0.2) is 11.5 Å². The van der Waals surface area contributed by atoms with Crippen LogP contribution in [0.25, 0.3) is 6.08 Å². The molecular formula is C25H19Cl2NO4S. The number of methoxy groups -OCH3 is 1. The van der Waals surface area contributed by atoms with E-state index in [2.05, 4.69) is 0 Å². The molecule has 1 aliphatic rings. The Morgan fingerprint density at radius 3 is 2.45 bits per heavy atom. The topological polar surface area (TPSA) is 55.8 Å². The first-order chi connectivity index (χ1) is 16.0. The molecule has 3 aromatic rings. The normalized spacial score (nSPS) is 14.8. The molecule has 0 radical (unpaired) electrons. The number of carbonyl (C=O) groups excluding carboxylic acids is 2. The summed E-state index contributed by atoms with van der Waals surface area (Å²) >= 11 is 13.0. The molecule has 0 bridgehead atoms. The SMILES string of the molecule is COc1cccc(/C=C2/SC(=O)N(Cc3ccccc3Cl)C2=O)c1OCc1ccc(Cl)cc1. The third-order valence-corrected chi connectivity index (χ3v) is 6.50. The molecule has 4 rings (SSSR count). The van der Waals surface area contributed by atoms with E-state index in [9.17, 15) is 9.59 Å². The Labute approximate surface area is 205 Å². The Hall–Kier alpha value is -2.93. The Morgan fingerprint density at radius 2 is 1.73 bits per heavy atom. The minimum absolute atomic E-state index is 0.111. The summed E-state index contributed by atoms with van der Waals surface area (Å²) in [6.45, 7) is 0.395. The van der Waals surface area contributed by atoms with Crippen molar-refractivity contribution in [1.82, 2.24) is 4.90 Å². The van der Waals surface area contributed by atoms with E-state index >= 15 is 0 Å². The fourth-order valence-corrected chi connectivity index (χ4v) is 4.42. The molecule has 1 heterocycles. The number of imide groups is 1. The predicted octanol–water partition coefficient (Wildman–Crippen LogP) is 6.82. The molecule has 33 heavy (non-hydrogen) atoms. The van der Waals surface area contributed by atoms with Crippen LogP contribution < -0.4 is 9.47 Å². The van der Waals surface area contributed by atoms with E-state index in [1.807, 2.05) is 24.3 Å². The van der Waals surface area contributed by atoms with Crippen molar-refractivity contribution in [2.75, 3.05) is 7.11 Å². The van der Waals surface area contributed by atoms with Gasteiger partial charge in [-0.1, -0.05) is 65.7 Å². The van der Waals surface area contributed by atoms with Crippen LogP contribution in [0.15, 0.2) is 71.6 Å². The van der Waals surface area contributed by atoms with Crippen LogP contribution in [0.3, 0.4) is 0 Å². The van der Waals surface area contributed by atoms with Gasteiger partial charge in [0, 0.05) is 15.6 Å². The van der Waals surface area contributed by atoms with E-state index in [0.29, 0.717) is 37.6 Å². The molecule has 1 saturated heterocycles. The number of ether oxygens (including phenoxy) is 2. The van der Waals surface area contributed by atoms with Crippen LogP contribution in [0.2, 0.25) is 10.0 Å². The third kappa shape index (κ3) is 5.36. The van der Waals surface area contributed by atoms with Gasteiger partial charge in [-0.15, -0.1) is 0 Å². The second kappa shape index (κ2) is 10.3. The molecule has 0 atom stereocenters. The highest BCUT2D eigenvalue weighted by Gasteiger charge is 2.35. The average Bonchev–Trinajstić information content (AvgIpc) is 3.07. The van der Waals surface area contributed by atoms with E-state index in [0.717, 1.165) is 17.3 Å². The van der Waals surface area contributed by atoms with Gasteiger partial charge in [0.25, 0.3) is 11.1 Å². The maximum atomic E-state index is 13.0. The molecule has 168 valence electrons. The maximum Gasteiger partial charge on any atom is 0.293 e. The minimum atomic E-state index is -0.378. The standard InChI is InChI=1S/C25H19Cl2NO4S/c1-31-21-8-4-6-17(23(21)32-15-16-9-11-19(26)12-10-16)13-22-24(29)28(25(30)33-22)14-18-5-2-3-7-20(18)27/h2-13H,14-15H2,1H3/b22-13+. The number of amides is 2. The molecule has 0 saturated carbocycles. The van der Waals surface area contributed by atoms with Gasteiger partial charge in [0.2, 0.25) is 0 Å². The Morgan fingerprint density at radius 1 is 0.970 bits per heavy atom. The number of para-hydroxylation sites is 1. The van der Waals surface area contributed by atoms with Crippen LogP contribution in [0.4, 0.5) is 4.79 Å². The largest absolute Gasteiger partial charge is 0.493 e. The van der Waals surface area contributed by atoms with Crippen molar-refractivity contribution in [2.45, 2.75) is 13.2 Å². The van der Waals surface area contributed by atoms with E-state index in [-0.39, 0.29) is 24.3 Å². The lowest BCUT2D eigenvalue weighted by molar-refractivity contribution is -0.123. The number of hydrogen-bond acceptors (Lipinski definition) is 5. The van der Waals surface area contributed by atoms with Gasteiger partial charge < -0.3 is 9.47 Å². The summed E-state index contributed by atoms with van der Waals surface area (Å²) in [6.07, 6.45) is 1.65. The van der Waals surface area contributed by atoms with E-state index < -0.39 is 0 Å². The summed E-state index contributed by atoms with van der Waals surface area (Å²) in [5.74, 6) is 0.622. The molecule has 0 aromatic heterocycles. The molecule has 0 aliphatic carbocycles. The van der Waals surface area contributed by atoms with Crippen molar-refractivity contribution in [2.24, 2.45) is 0 Å². The number of rotatable bonds is 7. The number of nitrogens with zero attached hydrogens (tertiary/aromatic N) is 1. The zero-order valence-corrected chi connectivity index (χ0v) is 19.9. The lowest BCUT2D eigenvalue weighted by atomic mass is 10.1. The van der Waals surface area contributed by atoms with Gasteiger partial charge in [0.1, 0.15) is 6.61 Å². The van der Waals surface area contributed by atoms with Gasteiger partial charge in [0.05, 0.1) is 18.6 Å². The van der Waals surface area contributed by atoms with E-state index in [1.54, 1.807) is 55.7 Å². The van der Waals surface area contributed by atoms with Crippen molar-refractivity contribution in [1.29, 1.82) is 0 Å². The van der Waals surface area contributed by atoms with Crippen LogP contribution in [0.1, 0.15) is 16.7 Å². The first kappa shape index (κ1) is 23.2. The van der Waals surface area contributed by atoms with Gasteiger partial charge in [-0.25, -0.2) is 0 Å². The van der Waals surface area contributed by atoms with Gasteiger partial charge in [-0.2, -0.15) is 0 Å². The van der Waals surface area contributed by atoms with Crippen molar-refractivity contribution in [3.05, 3.63) is 98.4 Å². The third-order valence-electron chi connectivity index (χ3n) is 4.97. The van der Waals surface area contributed by atoms with Crippen molar-refractivity contribution < 1.29 is 19.1 Å². The van der Waals surface area contributed by atoms with E-state index in [1.165, 1.54) is 4.90 Å². The smallest absolute Gasteiger partial charge is 0.293 e. The highest BCUT2D eigenvalue weighted by Crippen LogP contribution is 2.38. The van der Waals surface area contributed by atoms with Crippen LogP contribution in [0, 0.1) is 0 Å².